The van der Waals surface area contributed by atoms with Crippen LogP contribution in [0.5, 0.6) is 0 Å². The quantitative estimate of drug-likeness (QED) is 0.313. The molecule has 1 aliphatic heterocycles. The zero-order valence-corrected chi connectivity index (χ0v) is 23.5. The molecule has 4 N–H and O–H groups in total. The fourth-order valence-electron chi connectivity index (χ4n) is 4.29. The predicted molar refractivity (Wildman–Crippen MR) is 143 cm³/mol. The molecule has 0 saturated carbocycles. The van der Waals surface area contributed by atoms with E-state index < -0.39 is 35.1 Å². The Kier molecular flexibility index (Phi) is 10.1. The van der Waals surface area contributed by atoms with E-state index in [9.17, 15) is 46.1 Å². The lowest BCUT2D eigenvalue weighted by Gasteiger charge is -2.35. The normalized spacial score (nSPS) is 15.5. The molecule has 0 aliphatic carbocycles. The lowest BCUT2D eigenvalue weighted by atomic mass is 9.91. The number of rotatable bonds is 8. The highest BCUT2D eigenvalue weighted by Gasteiger charge is 2.71. The number of urea groups is 1. The van der Waals surface area contributed by atoms with E-state index in [-0.39, 0.29) is 29.7 Å². The van der Waals surface area contributed by atoms with Gasteiger partial charge in [0.1, 0.15) is 0 Å². The fourth-order valence-corrected chi connectivity index (χ4v) is 4.51. The minimum absolute atomic E-state index is 0.142. The van der Waals surface area contributed by atoms with Gasteiger partial charge in [0.15, 0.2) is 0 Å². The number of halogens is 7. The number of hydrogen-bond acceptors (Lipinski definition) is 5. The second-order valence-electron chi connectivity index (χ2n) is 10.6. The molecule has 3 rings (SSSR count). The summed E-state index contributed by atoms with van der Waals surface area (Å²) in [7, 11) is 0. The molecule has 0 radical (unpaired) electrons. The Morgan fingerprint density at radius 1 is 0.905 bits per heavy atom. The zero-order valence-electron chi connectivity index (χ0n) is 22.7. The number of alkyl halides is 6. The summed E-state index contributed by atoms with van der Waals surface area (Å²) in [6.07, 6.45) is -11.6. The summed E-state index contributed by atoms with van der Waals surface area (Å²) in [5.41, 5.74) is -6.23. The van der Waals surface area contributed by atoms with E-state index in [0.29, 0.717) is 55.9 Å². The monoisotopic (exact) mass is 624 g/mol. The van der Waals surface area contributed by atoms with E-state index in [1.807, 2.05) is 4.90 Å². The molecule has 1 aliphatic rings. The van der Waals surface area contributed by atoms with Crippen LogP contribution in [0.4, 0.5) is 36.8 Å². The Balaban J connectivity index is 1.54. The van der Waals surface area contributed by atoms with Crippen LogP contribution in [0.1, 0.15) is 41.8 Å². The maximum atomic E-state index is 13.1. The van der Waals surface area contributed by atoms with Crippen LogP contribution in [-0.2, 0) is 12.1 Å². The maximum absolute atomic E-state index is 13.1. The van der Waals surface area contributed by atoms with E-state index in [1.54, 1.807) is 18.7 Å². The molecule has 0 atom stereocenters. The molecule has 0 aromatic heterocycles. The third kappa shape index (κ3) is 8.06. The standard InChI is InChI=1S/C27H31ClF6N4O4/c1-24(2,41)9-10-35-23(40)36-21-8-5-18(15-20(21)28)22(39)38-13-11-37(12-14-38)16-17-3-6-19(7-4-17)25(42,26(29,30)31)27(32,33)34/h3-8,15,41-42H,9-14,16H2,1-2H3,(H2,35,36,40). The highest BCUT2D eigenvalue weighted by Crippen LogP contribution is 2.50. The van der Waals surface area contributed by atoms with Gasteiger partial charge in [-0.25, -0.2) is 4.79 Å². The molecule has 2 aromatic carbocycles. The van der Waals surface area contributed by atoms with Crippen molar-refractivity contribution in [3.8, 4) is 0 Å². The van der Waals surface area contributed by atoms with E-state index in [1.165, 1.54) is 18.2 Å². The molecule has 2 aromatic rings. The Bertz CT molecular complexity index is 1240. The SMILES string of the molecule is CC(C)(O)CCNC(=O)Nc1ccc(C(=O)N2CCN(Cc3ccc(C(O)(C(F)(F)F)C(F)(F)F)cc3)CC2)cc1Cl. The fraction of sp³-hybridized carbons (Fsp3) is 0.481. The first kappa shape index (κ1) is 33.4. The summed E-state index contributed by atoms with van der Waals surface area (Å²) >= 11 is 6.26. The van der Waals surface area contributed by atoms with Gasteiger partial charge in [-0.15, -0.1) is 0 Å². The molecule has 3 amide bonds. The highest BCUT2D eigenvalue weighted by atomic mass is 35.5. The molecule has 1 heterocycles. The van der Waals surface area contributed by atoms with Crippen LogP contribution in [0.2, 0.25) is 5.02 Å². The third-order valence-electron chi connectivity index (χ3n) is 6.74. The maximum Gasteiger partial charge on any atom is 0.430 e. The molecular weight excluding hydrogens is 594 g/mol. The van der Waals surface area contributed by atoms with Crippen molar-refractivity contribution < 1.29 is 46.1 Å². The van der Waals surface area contributed by atoms with E-state index in [2.05, 4.69) is 10.6 Å². The number of hydrogen-bond donors (Lipinski definition) is 4. The van der Waals surface area contributed by atoms with Gasteiger partial charge in [-0.2, -0.15) is 26.3 Å². The number of amides is 3. The van der Waals surface area contributed by atoms with Crippen molar-refractivity contribution in [2.45, 2.75) is 50.4 Å². The topological polar surface area (TPSA) is 105 Å². The first-order valence-corrected chi connectivity index (χ1v) is 13.2. The third-order valence-corrected chi connectivity index (χ3v) is 7.06. The molecular formula is C27H31ClF6N4O4. The Morgan fingerprint density at radius 3 is 1.98 bits per heavy atom. The van der Waals surface area contributed by atoms with E-state index in [4.69, 9.17) is 11.6 Å². The number of benzene rings is 2. The van der Waals surface area contributed by atoms with Gasteiger partial charge in [-0.3, -0.25) is 9.69 Å². The summed E-state index contributed by atoms with van der Waals surface area (Å²) < 4.78 is 78.6. The molecule has 0 spiro atoms. The van der Waals surface area contributed by atoms with Gasteiger partial charge in [0.05, 0.1) is 16.3 Å². The second kappa shape index (κ2) is 12.7. The van der Waals surface area contributed by atoms with Gasteiger partial charge in [0, 0.05) is 50.4 Å². The number of nitrogens with one attached hydrogen (secondary N) is 2. The van der Waals surface area contributed by atoms with Crippen molar-refractivity contribution >= 4 is 29.2 Å². The molecule has 42 heavy (non-hydrogen) atoms. The molecule has 1 fully saturated rings. The van der Waals surface area contributed by atoms with Crippen molar-refractivity contribution in [2.24, 2.45) is 0 Å². The van der Waals surface area contributed by atoms with Crippen molar-refractivity contribution in [3.63, 3.8) is 0 Å². The number of piperazine rings is 1. The lowest BCUT2D eigenvalue weighted by molar-refractivity contribution is -0.376. The molecule has 0 bridgehead atoms. The van der Waals surface area contributed by atoms with Crippen LogP contribution < -0.4 is 10.6 Å². The first-order chi connectivity index (χ1) is 19.3. The van der Waals surface area contributed by atoms with Crippen molar-refractivity contribution in [3.05, 3.63) is 64.2 Å². The second-order valence-corrected chi connectivity index (χ2v) is 11.0. The van der Waals surface area contributed by atoms with Crippen LogP contribution >= 0.6 is 11.6 Å². The van der Waals surface area contributed by atoms with E-state index >= 15 is 0 Å². The number of aliphatic hydroxyl groups is 2. The Hall–Kier alpha value is -3.07. The summed E-state index contributed by atoms with van der Waals surface area (Å²) in [6, 6.07) is 7.31. The lowest BCUT2D eigenvalue weighted by Crippen LogP contribution is -2.53. The summed E-state index contributed by atoms with van der Waals surface area (Å²) in [5.74, 6) is -0.305. The summed E-state index contributed by atoms with van der Waals surface area (Å²) in [6.45, 7) is 5.07. The first-order valence-electron chi connectivity index (χ1n) is 12.9. The molecule has 15 heteroatoms. The van der Waals surface area contributed by atoms with Crippen molar-refractivity contribution in [1.82, 2.24) is 15.1 Å². The number of anilines is 1. The largest absolute Gasteiger partial charge is 0.430 e. The smallest absolute Gasteiger partial charge is 0.390 e. The average Bonchev–Trinajstić information content (AvgIpc) is 2.88. The molecule has 0 unspecified atom stereocenters. The van der Waals surface area contributed by atoms with Crippen LogP contribution in [0, 0.1) is 0 Å². The van der Waals surface area contributed by atoms with Gasteiger partial charge < -0.3 is 25.7 Å². The van der Waals surface area contributed by atoms with E-state index in [0.717, 1.165) is 12.1 Å². The molecule has 8 nitrogen and oxygen atoms in total. The average molecular weight is 625 g/mol. The van der Waals surface area contributed by atoms with Crippen LogP contribution in [0.3, 0.4) is 0 Å². The minimum atomic E-state index is -5.95. The van der Waals surface area contributed by atoms with Crippen LogP contribution in [0.25, 0.3) is 0 Å². The van der Waals surface area contributed by atoms with Gasteiger partial charge in [0.2, 0.25) is 0 Å². The number of carbonyl (C=O) groups excluding carboxylic acids is 2. The number of nitrogens with zero attached hydrogens (tertiary/aromatic N) is 2. The van der Waals surface area contributed by atoms with Gasteiger partial charge in [-0.1, -0.05) is 35.9 Å². The minimum Gasteiger partial charge on any atom is -0.390 e. The van der Waals surface area contributed by atoms with Crippen LogP contribution in [-0.4, -0.2) is 82.6 Å². The van der Waals surface area contributed by atoms with Gasteiger partial charge in [0.25, 0.3) is 11.5 Å². The summed E-state index contributed by atoms with van der Waals surface area (Å²) in [5, 5.41) is 24.6. The zero-order chi connectivity index (χ0) is 31.5. The highest BCUT2D eigenvalue weighted by molar-refractivity contribution is 6.34. The van der Waals surface area contributed by atoms with Gasteiger partial charge in [-0.05, 0) is 44.0 Å². The van der Waals surface area contributed by atoms with Crippen molar-refractivity contribution in [2.75, 3.05) is 38.0 Å². The predicted octanol–water partition coefficient (Wildman–Crippen LogP) is 4.89. The van der Waals surface area contributed by atoms with Crippen molar-refractivity contribution in [1.29, 1.82) is 0 Å². The Morgan fingerprint density at radius 2 is 1.48 bits per heavy atom. The Labute approximate surface area is 243 Å². The molecule has 232 valence electrons. The number of carbonyl (C=O) groups is 2. The molecule has 1 saturated heterocycles. The van der Waals surface area contributed by atoms with Crippen LogP contribution in [0.15, 0.2) is 42.5 Å². The van der Waals surface area contributed by atoms with Gasteiger partial charge >= 0.3 is 18.4 Å². The summed E-state index contributed by atoms with van der Waals surface area (Å²) in [4.78, 5) is 28.5.